The van der Waals surface area contributed by atoms with E-state index in [2.05, 4.69) is 30.1 Å². The first-order chi connectivity index (χ1) is 13.1. The molecule has 2 aliphatic rings. The molecule has 1 N–H and O–H groups in total. The first kappa shape index (κ1) is 19.9. The number of amides is 1. The summed E-state index contributed by atoms with van der Waals surface area (Å²) in [6, 6.07) is 6.95. The van der Waals surface area contributed by atoms with E-state index in [9.17, 15) is 4.79 Å². The zero-order valence-corrected chi connectivity index (χ0v) is 16.6. The minimum Gasteiger partial charge on any atom is -0.493 e. The maximum Gasteiger partial charge on any atom is 0.260 e. The molecule has 0 aromatic heterocycles. The summed E-state index contributed by atoms with van der Waals surface area (Å²) in [5.41, 5.74) is 1.18. The molecule has 7 heteroatoms. The fourth-order valence-electron chi connectivity index (χ4n) is 3.53. The Morgan fingerprint density at radius 2 is 2.04 bits per heavy atom. The molecular formula is C20H31N3O4. The number of benzene rings is 1. The molecule has 7 nitrogen and oxygen atoms in total. The van der Waals surface area contributed by atoms with E-state index in [1.54, 1.807) is 12.0 Å². The number of rotatable bonds is 6. The van der Waals surface area contributed by atoms with Crippen LogP contribution in [0.3, 0.4) is 0 Å². The Morgan fingerprint density at radius 3 is 2.78 bits per heavy atom. The van der Waals surface area contributed by atoms with Gasteiger partial charge >= 0.3 is 0 Å². The van der Waals surface area contributed by atoms with E-state index < -0.39 is 0 Å². The van der Waals surface area contributed by atoms with Crippen LogP contribution in [0.25, 0.3) is 0 Å². The molecular weight excluding hydrogens is 346 g/mol. The summed E-state index contributed by atoms with van der Waals surface area (Å²) in [6.45, 7) is 9.79. The molecule has 1 aromatic carbocycles. The third-order valence-corrected chi connectivity index (χ3v) is 5.22. The van der Waals surface area contributed by atoms with Gasteiger partial charge in [0.1, 0.15) is 0 Å². The largest absolute Gasteiger partial charge is 0.493 e. The number of morpholine rings is 1. The molecule has 0 spiro atoms. The lowest BCUT2D eigenvalue weighted by Gasteiger charge is -2.37. The van der Waals surface area contributed by atoms with Gasteiger partial charge in [-0.1, -0.05) is 6.07 Å². The van der Waals surface area contributed by atoms with Gasteiger partial charge in [-0.2, -0.15) is 0 Å². The van der Waals surface area contributed by atoms with Crippen molar-refractivity contribution in [2.24, 2.45) is 0 Å². The van der Waals surface area contributed by atoms with Crippen molar-refractivity contribution in [2.75, 3.05) is 53.1 Å². The van der Waals surface area contributed by atoms with E-state index >= 15 is 0 Å². The first-order valence-electron chi connectivity index (χ1n) is 9.69. The molecule has 2 aliphatic heterocycles. The maximum absolute atomic E-state index is 12.3. The average Bonchev–Trinajstić information content (AvgIpc) is 2.70. The zero-order chi connectivity index (χ0) is 19.2. The van der Waals surface area contributed by atoms with Gasteiger partial charge < -0.3 is 24.4 Å². The molecule has 2 saturated heterocycles. The third kappa shape index (κ3) is 5.34. The van der Waals surface area contributed by atoms with Crippen LogP contribution in [-0.2, 0) is 16.1 Å². The van der Waals surface area contributed by atoms with Crippen LogP contribution in [0.1, 0.15) is 19.4 Å². The van der Waals surface area contributed by atoms with Crippen LogP contribution in [0.2, 0.25) is 0 Å². The first-order valence-corrected chi connectivity index (χ1v) is 9.69. The molecule has 0 bridgehead atoms. The number of nitrogens with zero attached hydrogens (tertiary/aromatic N) is 2. The fraction of sp³-hybridized carbons (Fsp3) is 0.650. The van der Waals surface area contributed by atoms with Gasteiger partial charge in [0.2, 0.25) is 0 Å². The summed E-state index contributed by atoms with van der Waals surface area (Å²) in [5.74, 6) is 1.25. The van der Waals surface area contributed by atoms with Crippen LogP contribution in [0, 0.1) is 0 Å². The Bertz CT molecular complexity index is 634. The average molecular weight is 377 g/mol. The summed E-state index contributed by atoms with van der Waals surface area (Å²) in [6.07, 6.45) is 0. The standard InChI is InChI=1S/C20H31N3O4/c1-15-12-23(16(2)11-21-15)13-17-4-5-18(19(10-17)25-3)27-14-20(24)22-6-8-26-9-7-22/h4-5,10,15-16,21H,6-9,11-14H2,1-3H3. The number of ether oxygens (including phenoxy) is 3. The highest BCUT2D eigenvalue weighted by atomic mass is 16.5. The summed E-state index contributed by atoms with van der Waals surface area (Å²) >= 11 is 0. The lowest BCUT2D eigenvalue weighted by molar-refractivity contribution is -0.137. The van der Waals surface area contributed by atoms with Gasteiger partial charge in [-0.3, -0.25) is 9.69 Å². The minimum absolute atomic E-state index is 0.0159. The second-order valence-electron chi connectivity index (χ2n) is 7.35. The van der Waals surface area contributed by atoms with E-state index in [1.165, 1.54) is 5.56 Å². The highest BCUT2D eigenvalue weighted by Crippen LogP contribution is 2.29. The Kier molecular flexibility index (Phi) is 6.93. The second kappa shape index (κ2) is 9.39. The zero-order valence-electron chi connectivity index (χ0n) is 16.6. The van der Waals surface area contributed by atoms with Gasteiger partial charge in [-0.15, -0.1) is 0 Å². The van der Waals surface area contributed by atoms with Crippen molar-refractivity contribution in [3.63, 3.8) is 0 Å². The van der Waals surface area contributed by atoms with Gasteiger partial charge in [0.05, 0.1) is 20.3 Å². The van der Waals surface area contributed by atoms with Crippen molar-refractivity contribution in [2.45, 2.75) is 32.5 Å². The summed E-state index contributed by atoms with van der Waals surface area (Å²) in [7, 11) is 1.63. The molecule has 150 valence electrons. The molecule has 3 rings (SSSR count). The highest BCUT2D eigenvalue weighted by molar-refractivity contribution is 5.78. The van der Waals surface area contributed by atoms with Gasteiger partial charge in [0.15, 0.2) is 18.1 Å². The molecule has 2 atom stereocenters. The maximum atomic E-state index is 12.3. The molecule has 1 aromatic rings. The Balaban J connectivity index is 1.59. The number of hydrogen-bond donors (Lipinski definition) is 1. The monoisotopic (exact) mass is 377 g/mol. The molecule has 0 aliphatic carbocycles. The molecule has 27 heavy (non-hydrogen) atoms. The van der Waals surface area contributed by atoms with E-state index in [0.29, 0.717) is 49.9 Å². The lowest BCUT2D eigenvalue weighted by atomic mass is 10.1. The van der Waals surface area contributed by atoms with Gasteiger partial charge in [-0.25, -0.2) is 0 Å². The predicted octanol–water partition coefficient (Wildman–Crippen LogP) is 1.12. The summed E-state index contributed by atoms with van der Waals surface area (Å²) in [4.78, 5) is 16.5. The van der Waals surface area contributed by atoms with Crippen molar-refractivity contribution in [3.8, 4) is 11.5 Å². The van der Waals surface area contributed by atoms with Crippen LogP contribution >= 0.6 is 0 Å². The normalized spacial score (nSPS) is 23.9. The molecule has 2 heterocycles. The van der Waals surface area contributed by atoms with Crippen molar-refractivity contribution < 1.29 is 19.0 Å². The van der Waals surface area contributed by atoms with Crippen LogP contribution in [0.15, 0.2) is 18.2 Å². The van der Waals surface area contributed by atoms with Crippen LogP contribution < -0.4 is 14.8 Å². The molecule has 2 unspecified atom stereocenters. The van der Waals surface area contributed by atoms with E-state index in [0.717, 1.165) is 19.6 Å². The third-order valence-electron chi connectivity index (χ3n) is 5.22. The lowest BCUT2D eigenvalue weighted by Crippen LogP contribution is -2.53. The number of nitrogens with one attached hydrogen (secondary N) is 1. The van der Waals surface area contributed by atoms with Gasteiger partial charge in [-0.05, 0) is 31.5 Å². The topological polar surface area (TPSA) is 63.3 Å². The second-order valence-corrected chi connectivity index (χ2v) is 7.35. The van der Waals surface area contributed by atoms with E-state index in [4.69, 9.17) is 14.2 Å². The highest BCUT2D eigenvalue weighted by Gasteiger charge is 2.23. The van der Waals surface area contributed by atoms with E-state index in [1.807, 2.05) is 12.1 Å². The number of hydrogen-bond acceptors (Lipinski definition) is 6. The van der Waals surface area contributed by atoms with Crippen LogP contribution in [0.5, 0.6) is 11.5 Å². The van der Waals surface area contributed by atoms with Crippen molar-refractivity contribution in [1.82, 2.24) is 15.1 Å². The molecule has 0 radical (unpaired) electrons. The quantitative estimate of drug-likeness (QED) is 0.802. The van der Waals surface area contributed by atoms with Crippen LogP contribution in [0.4, 0.5) is 0 Å². The van der Waals surface area contributed by atoms with Crippen molar-refractivity contribution >= 4 is 5.91 Å². The Morgan fingerprint density at radius 1 is 1.26 bits per heavy atom. The Labute approximate surface area is 161 Å². The van der Waals surface area contributed by atoms with Gasteiger partial charge in [0, 0.05) is 44.8 Å². The predicted molar refractivity (Wildman–Crippen MR) is 103 cm³/mol. The number of methoxy groups -OCH3 is 1. The van der Waals surface area contributed by atoms with E-state index in [-0.39, 0.29) is 12.5 Å². The number of carbonyl (C=O) groups excluding carboxylic acids is 1. The SMILES string of the molecule is COc1cc(CN2CC(C)NCC2C)ccc1OCC(=O)N1CCOCC1. The smallest absolute Gasteiger partial charge is 0.260 e. The van der Waals surface area contributed by atoms with Gasteiger partial charge in [0.25, 0.3) is 5.91 Å². The number of piperazine rings is 1. The molecule has 0 saturated carbocycles. The summed E-state index contributed by atoms with van der Waals surface area (Å²) < 4.78 is 16.5. The minimum atomic E-state index is -0.0203. The number of carbonyl (C=O) groups is 1. The fourth-order valence-corrected chi connectivity index (χ4v) is 3.53. The van der Waals surface area contributed by atoms with Crippen LogP contribution in [-0.4, -0.2) is 80.9 Å². The van der Waals surface area contributed by atoms with Crippen molar-refractivity contribution in [3.05, 3.63) is 23.8 Å². The summed E-state index contributed by atoms with van der Waals surface area (Å²) in [5, 5.41) is 3.50. The van der Waals surface area contributed by atoms with Crippen molar-refractivity contribution in [1.29, 1.82) is 0 Å². The Hall–Kier alpha value is -1.83. The molecule has 2 fully saturated rings. The molecule has 1 amide bonds.